The molecule has 2 aliphatic rings. The number of hydrogen-bond donors (Lipinski definition) is 2. The van der Waals surface area contributed by atoms with Gasteiger partial charge >= 0.3 is 0 Å². The van der Waals surface area contributed by atoms with E-state index < -0.39 is 0 Å². The van der Waals surface area contributed by atoms with Crippen LogP contribution in [0.15, 0.2) is 5.16 Å². The lowest BCUT2D eigenvalue weighted by atomic mass is 10.2. The number of carbonyl (C=O) groups is 1. The maximum atomic E-state index is 11.9. The van der Waals surface area contributed by atoms with Crippen LogP contribution in [0.5, 0.6) is 0 Å². The maximum absolute atomic E-state index is 11.9. The lowest BCUT2D eigenvalue weighted by Crippen LogP contribution is -2.54. The van der Waals surface area contributed by atoms with E-state index in [1.807, 2.05) is 11.8 Å². The Morgan fingerprint density at radius 1 is 1.39 bits per heavy atom. The Kier molecular flexibility index (Phi) is 4.06. The average Bonchev–Trinajstić information content (AvgIpc) is 3.21. The van der Waals surface area contributed by atoms with Gasteiger partial charge in [-0.3, -0.25) is 9.69 Å². The molecule has 1 unspecified atom stereocenters. The third-order valence-electron chi connectivity index (χ3n) is 3.92. The molecule has 0 aromatic heterocycles. The molecule has 1 heterocycles. The predicted octanol–water partition coefficient (Wildman–Crippen LogP) is 0.0656. The number of piperazine rings is 1. The summed E-state index contributed by atoms with van der Waals surface area (Å²) in [6, 6.07) is -0.0734. The zero-order valence-electron chi connectivity index (χ0n) is 10.9. The molecule has 1 saturated heterocycles. The summed E-state index contributed by atoms with van der Waals surface area (Å²) in [6.07, 6.45) is 3.15. The topological polar surface area (TPSA) is 82.2 Å². The first-order valence-corrected chi connectivity index (χ1v) is 6.61. The van der Waals surface area contributed by atoms with Crippen LogP contribution in [0.4, 0.5) is 0 Å². The van der Waals surface area contributed by atoms with Crippen LogP contribution in [-0.2, 0) is 4.79 Å². The number of amidine groups is 1. The lowest BCUT2D eigenvalue weighted by molar-refractivity contribution is -0.133. The molecular weight excluding hydrogens is 232 g/mol. The van der Waals surface area contributed by atoms with Gasteiger partial charge in [-0.2, -0.15) is 0 Å². The third-order valence-corrected chi connectivity index (χ3v) is 3.92. The summed E-state index contributed by atoms with van der Waals surface area (Å²) >= 11 is 0. The van der Waals surface area contributed by atoms with Gasteiger partial charge in [0.05, 0.1) is 6.04 Å². The Hall–Kier alpha value is -1.30. The normalized spacial score (nSPS) is 24.1. The molecule has 0 spiro atoms. The first kappa shape index (κ1) is 13.1. The van der Waals surface area contributed by atoms with Gasteiger partial charge in [-0.25, -0.2) is 0 Å². The van der Waals surface area contributed by atoms with E-state index in [-0.39, 0.29) is 17.8 Å². The minimum Gasteiger partial charge on any atom is -0.409 e. The molecular formula is C12H22N4O2. The second-order valence-corrected chi connectivity index (χ2v) is 5.27. The van der Waals surface area contributed by atoms with E-state index >= 15 is 0 Å². The molecule has 1 saturated carbocycles. The summed E-state index contributed by atoms with van der Waals surface area (Å²) in [5.41, 5.74) is 5.59. The van der Waals surface area contributed by atoms with Crippen molar-refractivity contribution in [3.8, 4) is 0 Å². The number of hydrogen-bond acceptors (Lipinski definition) is 4. The molecule has 1 atom stereocenters. The van der Waals surface area contributed by atoms with Crippen LogP contribution in [-0.4, -0.2) is 59.0 Å². The zero-order valence-corrected chi connectivity index (χ0v) is 10.9. The highest BCUT2D eigenvalue weighted by Crippen LogP contribution is 2.32. The second-order valence-electron chi connectivity index (χ2n) is 5.27. The van der Waals surface area contributed by atoms with Crippen LogP contribution in [0, 0.1) is 5.92 Å². The largest absolute Gasteiger partial charge is 0.409 e. The highest BCUT2D eigenvalue weighted by atomic mass is 16.4. The Balaban J connectivity index is 1.78. The van der Waals surface area contributed by atoms with E-state index in [1.165, 1.54) is 12.8 Å². The molecule has 0 aromatic carbocycles. The summed E-state index contributed by atoms with van der Waals surface area (Å²) in [6.45, 7) is 4.97. The van der Waals surface area contributed by atoms with Crippen molar-refractivity contribution in [2.45, 2.75) is 32.2 Å². The quantitative estimate of drug-likeness (QED) is 0.322. The monoisotopic (exact) mass is 254 g/mol. The predicted molar refractivity (Wildman–Crippen MR) is 68.4 cm³/mol. The number of nitrogens with zero attached hydrogens (tertiary/aromatic N) is 3. The fraction of sp³-hybridized carbons (Fsp3) is 0.833. The van der Waals surface area contributed by atoms with Crippen molar-refractivity contribution in [3.05, 3.63) is 0 Å². The summed E-state index contributed by atoms with van der Waals surface area (Å²) < 4.78 is 0. The smallest absolute Gasteiger partial charge is 0.222 e. The van der Waals surface area contributed by atoms with Crippen LogP contribution in [0.3, 0.4) is 0 Å². The molecule has 102 valence electrons. The maximum Gasteiger partial charge on any atom is 0.222 e. The van der Waals surface area contributed by atoms with Gasteiger partial charge in [0.25, 0.3) is 0 Å². The molecule has 2 rings (SSSR count). The van der Waals surface area contributed by atoms with Crippen LogP contribution >= 0.6 is 0 Å². The number of oxime groups is 1. The molecule has 0 bridgehead atoms. The van der Waals surface area contributed by atoms with Gasteiger partial charge < -0.3 is 15.8 Å². The standard InChI is InChI=1S/C12H22N4O2/c1-9(12(13)14-18)15-4-6-16(7-5-15)11(17)8-10-2-3-10/h9-10,18H,2-8H2,1H3,(H2,13,14). The Morgan fingerprint density at radius 3 is 2.50 bits per heavy atom. The van der Waals surface area contributed by atoms with E-state index in [1.54, 1.807) is 0 Å². The van der Waals surface area contributed by atoms with Crippen LogP contribution in [0.25, 0.3) is 0 Å². The van der Waals surface area contributed by atoms with E-state index in [0.717, 1.165) is 32.6 Å². The molecule has 0 aromatic rings. The van der Waals surface area contributed by atoms with Crippen molar-refractivity contribution in [1.82, 2.24) is 9.80 Å². The molecule has 1 aliphatic carbocycles. The summed E-state index contributed by atoms with van der Waals surface area (Å²) in [7, 11) is 0. The molecule has 6 nitrogen and oxygen atoms in total. The van der Waals surface area contributed by atoms with Crippen molar-refractivity contribution < 1.29 is 10.0 Å². The average molecular weight is 254 g/mol. The van der Waals surface area contributed by atoms with Crippen molar-refractivity contribution in [2.75, 3.05) is 26.2 Å². The van der Waals surface area contributed by atoms with Crippen molar-refractivity contribution in [1.29, 1.82) is 0 Å². The lowest BCUT2D eigenvalue weighted by Gasteiger charge is -2.37. The summed E-state index contributed by atoms with van der Waals surface area (Å²) in [5.74, 6) is 1.16. The van der Waals surface area contributed by atoms with Gasteiger partial charge in [-0.05, 0) is 25.7 Å². The van der Waals surface area contributed by atoms with Gasteiger partial charge in [0.2, 0.25) is 5.91 Å². The minimum absolute atomic E-state index is 0.0734. The molecule has 1 aliphatic heterocycles. The highest BCUT2D eigenvalue weighted by Gasteiger charge is 2.30. The van der Waals surface area contributed by atoms with Gasteiger partial charge in [0.15, 0.2) is 5.84 Å². The van der Waals surface area contributed by atoms with E-state index in [9.17, 15) is 4.79 Å². The van der Waals surface area contributed by atoms with Crippen molar-refractivity contribution in [3.63, 3.8) is 0 Å². The molecule has 3 N–H and O–H groups in total. The molecule has 6 heteroatoms. The SMILES string of the molecule is CC(C(N)=NO)N1CCN(C(=O)CC2CC2)CC1. The Labute approximate surface area is 107 Å². The summed E-state index contributed by atoms with van der Waals surface area (Å²) in [4.78, 5) is 16.0. The highest BCUT2D eigenvalue weighted by molar-refractivity contribution is 5.84. The van der Waals surface area contributed by atoms with E-state index in [0.29, 0.717) is 5.92 Å². The number of rotatable bonds is 4. The van der Waals surface area contributed by atoms with Crippen LogP contribution in [0.1, 0.15) is 26.2 Å². The van der Waals surface area contributed by atoms with Crippen molar-refractivity contribution >= 4 is 11.7 Å². The fourth-order valence-corrected chi connectivity index (χ4v) is 2.33. The first-order valence-electron chi connectivity index (χ1n) is 6.61. The number of amides is 1. The van der Waals surface area contributed by atoms with Gasteiger partial charge in [0.1, 0.15) is 0 Å². The molecule has 18 heavy (non-hydrogen) atoms. The van der Waals surface area contributed by atoms with E-state index in [4.69, 9.17) is 10.9 Å². The van der Waals surface area contributed by atoms with Gasteiger partial charge in [-0.1, -0.05) is 5.16 Å². The minimum atomic E-state index is -0.0734. The van der Waals surface area contributed by atoms with E-state index in [2.05, 4.69) is 10.1 Å². The first-order chi connectivity index (χ1) is 8.61. The van der Waals surface area contributed by atoms with Gasteiger partial charge in [0, 0.05) is 32.6 Å². The molecule has 2 fully saturated rings. The summed E-state index contributed by atoms with van der Waals surface area (Å²) in [5, 5.41) is 11.7. The zero-order chi connectivity index (χ0) is 13.1. The second kappa shape index (κ2) is 5.56. The Bertz CT molecular complexity index is 333. The van der Waals surface area contributed by atoms with Crippen LogP contribution < -0.4 is 5.73 Å². The number of carbonyl (C=O) groups excluding carboxylic acids is 1. The number of nitrogens with two attached hydrogens (primary N) is 1. The molecule has 1 amide bonds. The molecule has 0 radical (unpaired) electrons. The van der Waals surface area contributed by atoms with Crippen LogP contribution in [0.2, 0.25) is 0 Å². The van der Waals surface area contributed by atoms with Gasteiger partial charge in [-0.15, -0.1) is 0 Å². The Morgan fingerprint density at radius 2 is 2.00 bits per heavy atom. The fourth-order valence-electron chi connectivity index (χ4n) is 2.33. The third kappa shape index (κ3) is 3.13. The van der Waals surface area contributed by atoms with Crippen molar-refractivity contribution in [2.24, 2.45) is 16.8 Å².